The summed E-state index contributed by atoms with van der Waals surface area (Å²) in [7, 11) is 0. The van der Waals surface area contributed by atoms with Crippen LogP contribution in [0.25, 0.3) is 0 Å². The maximum atomic E-state index is 5.64. The summed E-state index contributed by atoms with van der Waals surface area (Å²) >= 11 is 1.60. The summed E-state index contributed by atoms with van der Waals surface area (Å²) in [5.74, 6) is 0. The zero-order chi connectivity index (χ0) is 8.10. The first kappa shape index (κ1) is 8.14. The average molecular weight is 166 g/mol. The van der Waals surface area contributed by atoms with Crippen LogP contribution in [0.15, 0.2) is 34.8 Å². The van der Waals surface area contributed by atoms with Crippen LogP contribution in [0.3, 0.4) is 0 Å². The Hall–Kier alpha value is -0.960. The fourth-order valence-corrected chi connectivity index (χ4v) is 1.25. The van der Waals surface area contributed by atoms with E-state index in [4.69, 9.17) is 5.73 Å². The van der Waals surface area contributed by atoms with E-state index in [0.717, 1.165) is 10.6 Å². The highest BCUT2D eigenvalue weighted by molar-refractivity contribution is 8.02. The standard InChI is InChI=1S/C8H10N2S/c1-2-5-11-8-3-4-10-6-7(8)9/h2-6H,9H2,1H3/b5-2-. The van der Waals surface area contributed by atoms with Crippen LogP contribution in [0.4, 0.5) is 5.69 Å². The molecule has 1 rings (SSSR count). The average Bonchev–Trinajstić information content (AvgIpc) is 2.03. The van der Waals surface area contributed by atoms with E-state index in [2.05, 4.69) is 4.98 Å². The number of allylic oxidation sites excluding steroid dienone is 1. The van der Waals surface area contributed by atoms with Crippen LogP contribution in [0, 0.1) is 0 Å². The molecule has 58 valence electrons. The lowest BCUT2D eigenvalue weighted by Crippen LogP contribution is -1.87. The number of aromatic nitrogens is 1. The van der Waals surface area contributed by atoms with Crippen LogP contribution in [0.1, 0.15) is 6.92 Å². The Morgan fingerprint density at radius 3 is 3.09 bits per heavy atom. The normalized spacial score (nSPS) is 10.6. The van der Waals surface area contributed by atoms with Gasteiger partial charge in [-0.1, -0.05) is 17.8 Å². The molecule has 0 aliphatic rings. The van der Waals surface area contributed by atoms with Crippen molar-refractivity contribution in [2.45, 2.75) is 11.8 Å². The molecule has 3 heteroatoms. The molecule has 0 saturated carbocycles. The quantitative estimate of drug-likeness (QED) is 0.685. The monoisotopic (exact) mass is 166 g/mol. The van der Waals surface area contributed by atoms with Gasteiger partial charge in [-0.05, 0) is 18.4 Å². The number of nitrogens with two attached hydrogens (primary N) is 1. The molecular weight excluding hydrogens is 156 g/mol. The van der Waals surface area contributed by atoms with Crippen molar-refractivity contribution in [1.29, 1.82) is 0 Å². The van der Waals surface area contributed by atoms with E-state index in [1.807, 2.05) is 24.5 Å². The van der Waals surface area contributed by atoms with Gasteiger partial charge in [0.1, 0.15) is 0 Å². The third-order valence-corrected chi connectivity index (χ3v) is 2.18. The summed E-state index contributed by atoms with van der Waals surface area (Å²) in [4.78, 5) is 4.94. The molecule has 0 amide bonds. The Morgan fingerprint density at radius 1 is 1.64 bits per heavy atom. The second kappa shape index (κ2) is 4.03. The van der Waals surface area contributed by atoms with E-state index >= 15 is 0 Å². The van der Waals surface area contributed by atoms with Crippen LogP contribution < -0.4 is 5.73 Å². The maximum absolute atomic E-state index is 5.64. The van der Waals surface area contributed by atoms with Crippen molar-refractivity contribution in [3.63, 3.8) is 0 Å². The first-order chi connectivity index (χ1) is 5.34. The van der Waals surface area contributed by atoms with Crippen molar-refractivity contribution in [3.8, 4) is 0 Å². The summed E-state index contributed by atoms with van der Waals surface area (Å²) in [6.45, 7) is 1.98. The summed E-state index contributed by atoms with van der Waals surface area (Å²) in [5.41, 5.74) is 6.38. The van der Waals surface area contributed by atoms with Gasteiger partial charge >= 0.3 is 0 Å². The van der Waals surface area contributed by atoms with Crippen LogP contribution in [-0.4, -0.2) is 4.98 Å². The first-order valence-electron chi connectivity index (χ1n) is 3.32. The Bertz CT molecular complexity index is 258. The molecule has 2 N–H and O–H groups in total. The van der Waals surface area contributed by atoms with Gasteiger partial charge in [-0.15, -0.1) is 0 Å². The van der Waals surface area contributed by atoms with Gasteiger partial charge in [0, 0.05) is 11.1 Å². The fraction of sp³-hybridized carbons (Fsp3) is 0.125. The van der Waals surface area contributed by atoms with Crippen LogP contribution in [0.2, 0.25) is 0 Å². The molecule has 0 aliphatic heterocycles. The molecule has 1 aromatic heterocycles. The van der Waals surface area contributed by atoms with Gasteiger partial charge in [-0.2, -0.15) is 0 Å². The van der Waals surface area contributed by atoms with Gasteiger partial charge in [0.2, 0.25) is 0 Å². The number of anilines is 1. The van der Waals surface area contributed by atoms with Gasteiger partial charge in [0.25, 0.3) is 0 Å². The lowest BCUT2D eigenvalue weighted by atomic mass is 10.4. The Kier molecular flexibility index (Phi) is 2.98. The molecule has 0 radical (unpaired) electrons. The molecule has 0 aromatic carbocycles. The third kappa shape index (κ3) is 2.27. The minimum absolute atomic E-state index is 0.732. The van der Waals surface area contributed by atoms with E-state index in [9.17, 15) is 0 Å². The van der Waals surface area contributed by atoms with E-state index in [1.54, 1.807) is 24.2 Å². The van der Waals surface area contributed by atoms with Gasteiger partial charge in [-0.3, -0.25) is 4.98 Å². The lowest BCUT2D eigenvalue weighted by Gasteiger charge is -1.98. The highest BCUT2D eigenvalue weighted by atomic mass is 32.2. The minimum atomic E-state index is 0.732. The molecule has 0 bridgehead atoms. The van der Waals surface area contributed by atoms with Crippen LogP contribution in [-0.2, 0) is 0 Å². The SMILES string of the molecule is C/C=C\Sc1ccncc1N. The summed E-state index contributed by atoms with van der Waals surface area (Å²) < 4.78 is 0. The van der Waals surface area contributed by atoms with Crippen LogP contribution in [0.5, 0.6) is 0 Å². The highest BCUT2D eigenvalue weighted by Gasteiger charge is 1.94. The molecule has 0 aliphatic carbocycles. The summed E-state index contributed by atoms with van der Waals surface area (Å²) in [6.07, 6.45) is 5.37. The third-order valence-electron chi connectivity index (χ3n) is 1.14. The second-order valence-electron chi connectivity index (χ2n) is 2.00. The lowest BCUT2D eigenvalue weighted by molar-refractivity contribution is 1.27. The van der Waals surface area contributed by atoms with Crippen molar-refractivity contribution in [2.75, 3.05) is 5.73 Å². The molecule has 1 heterocycles. The van der Waals surface area contributed by atoms with E-state index in [-0.39, 0.29) is 0 Å². The zero-order valence-electron chi connectivity index (χ0n) is 6.32. The second-order valence-corrected chi connectivity index (χ2v) is 2.95. The van der Waals surface area contributed by atoms with Crippen molar-refractivity contribution in [3.05, 3.63) is 29.9 Å². The topological polar surface area (TPSA) is 38.9 Å². The summed E-state index contributed by atoms with van der Waals surface area (Å²) in [6, 6.07) is 1.90. The molecule has 0 unspecified atom stereocenters. The van der Waals surface area contributed by atoms with Gasteiger partial charge in [0.05, 0.1) is 11.9 Å². The number of rotatable bonds is 2. The predicted molar refractivity (Wildman–Crippen MR) is 49.3 cm³/mol. The molecule has 1 aromatic rings. The predicted octanol–water partition coefficient (Wildman–Crippen LogP) is 2.29. The zero-order valence-corrected chi connectivity index (χ0v) is 7.14. The highest BCUT2D eigenvalue weighted by Crippen LogP contribution is 2.23. The largest absolute Gasteiger partial charge is 0.397 e. The number of pyridine rings is 1. The Balaban J connectivity index is 2.77. The maximum Gasteiger partial charge on any atom is 0.0642 e. The number of nitrogens with zero attached hydrogens (tertiary/aromatic N) is 1. The Morgan fingerprint density at radius 2 is 2.45 bits per heavy atom. The first-order valence-corrected chi connectivity index (χ1v) is 4.20. The van der Waals surface area contributed by atoms with Crippen molar-refractivity contribution in [2.24, 2.45) is 0 Å². The molecule has 2 nitrogen and oxygen atoms in total. The number of hydrogen-bond acceptors (Lipinski definition) is 3. The number of thioether (sulfide) groups is 1. The van der Waals surface area contributed by atoms with Crippen molar-refractivity contribution < 1.29 is 0 Å². The smallest absolute Gasteiger partial charge is 0.0642 e. The van der Waals surface area contributed by atoms with Crippen molar-refractivity contribution >= 4 is 17.4 Å². The molecule has 11 heavy (non-hydrogen) atoms. The molecule has 0 saturated heterocycles. The van der Waals surface area contributed by atoms with E-state index in [0.29, 0.717) is 0 Å². The molecule has 0 fully saturated rings. The van der Waals surface area contributed by atoms with Crippen molar-refractivity contribution in [1.82, 2.24) is 4.98 Å². The fourth-order valence-electron chi connectivity index (χ4n) is 0.643. The number of hydrogen-bond donors (Lipinski definition) is 1. The van der Waals surface area contributed by atoms with Crippen LogP contribution >= 0.6 is 11.8 Å². The summed E-state index contributed by atoms with van der Waals surface area (Å²) in [5, 5.41) is 1.99. The molecule has 0 spiro atoms. The van der Waals surface area contributed by atoms with Gasteiger partial charge in [-0.25, -0.2) is 0 Å². The Labute approximate surface area is 70.5 Å². The van der Waals surface area contributed by atoms with E-state index in [1.165, 1.54) is 0 Å². The van der Waals surface area contributed by atoms with Gasteiger partial charge in [0.15, 0.2) is 0 Å². The molecule has 0 atom stereocenters. The van der Waals surface area contributed by atoms with Gasteiger partial charge < -0.3 is 5.73 Å². The van der Waals surface area contributed by atoms with E-state index < -0.39 is 0 Å². The minimum Gasteiger partial charge on any atom is -0.397 e. The number of nitrogen functional groups attached to an aromatic ring is 1. The molecular formula is C8H10N2S.